The number of nitrogens with zero attached hydrogens (tertiary/aromatic N) is 4. The molecule has 1 aliphatic rings. The Morgan fingerprint density at radius 1 is 1.16 bits per heavy atom. The zero-order valence-corrected chi connectivity index (χ0v) is 20.4. The number of pyridine rings is 2. The Balaban J connectivity index is 1.57. The van der Waals surface area contributed by atoms with Crippen molar-refractivity contribution in [1.29, 1.82) is 5.26 Å². The molecule has 0 atom stereocenters. The highest BCUT2D eigenvalue weighted by Gasteiger charge is 2.37. The molecule has 3 heterocycles. The van der Waals surface area contributed by atoms with Crippen LogP contribution >= 0.6 is 0 Å². The van der Waals surface area contributed by atoms with Crippen LogP contribution < -0.4 is 15.0 Å². The second kappa shape index (κ2) is 11.2. The minimum atomic E-state index is -4.51. The van der Waals surface area contributed by atoms with Crippen molar-refractivity contribution < 1.29 is 23.0 Å². The normalized spacial score (nSPS) is 15.3. The molecule has 0 bridgehead atoms. The van der Waals surface area contributed by atoms with E-state index in [1.807, 2.05) is 42.2 Å². The molecule has 3 aromatic rings. The monoisotopic (exact) mass is 511 g/mol. The van der Waals surface area contributed by atoms with Crippen LogP contribution in [0.15, 0.2) is 54.9 Å². The van der Waals surface area contributed by atoms with Crippen LogP contribution in [0.4, 0.5) is 18.9 Å². The highest BCUT2D eigenvalue weighted by atomic mass is 19.4. The molecule has 37 heavy (non-hydrogen) atoms. The summed E-state index contributed by atoms with van der Waals surface area (Å²) in [6, 6.07) is 12.8. The molecule has 2 aromatic heterocycles. The van der Waals surface area contributed by atoms with Gasteiger partial charge in [0.2, 0.25) is 5.88 Å². The first kappa shape index (κ1) is 26.4. The van der Waals surface area contributed by atoms with Gasteiger partial charge in [-0.25, -0.2) is 4.98 Å². The molecule has 1 aromatic carbocycles. The predicted molar refractivity (Wildman–Crippen MR) is 133 cm³/mol. The van der Waals surface area contributed by atoms with Gasteiger partial charge in [0.15, 0.2) is 0 Å². The van der Waals surface area contributed by atoms with Gasteiger partial charge in [0.05, 0.1) is 41.3 Å². The van der Waals surface area contributed by atoms with Crippen LogP contribution in [0.3, 0.4) is 0 Å². The van der Waals surface area contributed by atoms with Crippen LogP contribution in [-0.4, -0.2) is 47.9 Å². The van der Waals surface area contributed by atoms with Crippen LogP contribution in [-0.2, 0) is 11.7 Å². The second-order valence-electron chi connectivity index (χ2n) is 8.78. The minimum absolute atomic E-state index is 0.00163. The Hall–Kier alpha value is -3.68. The summed E-state index contributed by atoms with van der Waals surface area (Å²) in [4.78, 5) is 10.9. The van der Waals surface area contributed by atoms with Crippen LogP contribution in [0.5, 0.6) is 5.88 Å². The van der Waals surface area contributed by atoms with Gasteiger partial charge in [-0.05, 0) is 61.7 Å². The Morgan fingerprint density at radius 3 is 2.57 bits per heavy atom. The van der Waals surface area contributed by atoms with E-state index in [9.17, 15) is 23.5 Å². The lowest BCUT2D eigenvalue weighted by molar-refractivity contribution is -0.137. The lowest BCUT2D eigenvalue weighted by atomic mass is 9.81. The summed E-state index contributed by atoms with van der Waals surface area (Å²) in [5.41, 5.74) is 1.61. The van der Waals surface area contributed by atoms with E-state index in [0.29, 0.717) is 50.7 Å². The molecule has 0 unspecified atom stereocenters. The Labute approximate surface area is 213 Å². The molecule has 0 aliphatic carbocycles. The van der Waals surface area contributed by atoms with E-state index < -0.39 is 17.3 Å². The number of aliphatic hydroxyl groups excluding tert-OH is 1. The molecular formula is C27H28F3N5O2. The number of halogens is 3. The van der Waals surface area contributed by atoms with Crippen molar-refractivity contribution in [3.63, 3.8) is 0 Å². The molecule has 0 radical (unpaired) electrons. The number of ether oxygens (including phenoxy) is 1. The molecule has 4 rings (SSSR count). The molecule has 7 nitrogen and oxygen atoms in total. The van der Waals surface area contributed by atoms with Gasteiger partial charge < -0.3 is 20.1 Å². The van der Waals surface area contributed by atoms with Crippen molar-refractivity contribution in [1.82, 2.24) is 15.3 Å². The zero-order chi connectivity index (χ0) is 26.5. The van der Waals surface area contributed by atoms with E-state index in [1.165, 1.54) is 6.07 Å². The third-order valence-electron chi connectivity index (χ3n) is 6.62. The van der Waals surface area contributed by atoms with Crippen molar-refractivity contribution in [2.24, 2.45) is 0 Å². The van der Waals surface area contributed by atoms with Gasteiger partial charge in [-0.2, -0.15) is 18.4 Å². The molecular weight excluding hydrogens is 483 g/mol. The molecule has 194 valence electrons. The van der Waals surface area contributed by atoms with Crippen LogP contribution in [0, 0.1) is 11.3 Å². The highest BCUT2D eigenvalue weighted by Crippen LogP contribution is 2.38. The maximum atomic E-state index is 13.1. The number of piperidine rings is 1. The fourth-order valence-corrected chi connectivity index (χ4v) is 4.74. The lowest BCUT2D eigenvalue weighted by Crippen LogP contribution is -2.52. The molecule has 2 N–H and O–H groups in total. The third-order valence-corrected chi connectivity index (χ3v) is 6.62. The SMILES string of the molecule is CCOc1ncccc1-c1ccc(C2(NCCO)CCN(c3ccc(C(F)(F)F)cc3C#N)CC2)cn1. The van der Waals surface area contributed by atoms with Crippen LogP contribution in [0.2, 0.25) is 0 Å². The first-order valence-electron chi connectivity index (χ1n) is 12.1. The van der Waals surface area contributed by atoms with Gasteiger partial charge in [-0.15, -0.1) is 0 Å². The molecule has 0 saturated carbocycles. The van der Waals surface area contributed by atoms with Crippen LogP contribution in [0.25, 0.3) is 11.3 Å². The Bertz CT molecular complexity index is 1250. The first-order valence-corrected chi connectivity index (χ1v) is 12.1. The zero-order valence-electron chi connectivity index (χ0n) is 20.4. The molecule has 0 spiro atoms. The number of aliphatic hydroxyl groups is 1. The van der Waals surface area contributed by atoms with Crippen molar-refractivity contribution >= 4 is 5.69 Å². The summed E-state index contributed by atoms with van der Waals surface area (Å²) in [6.45, 7) is 3.74. The number of nitrogens with one attached hydrogen (secondary N) is 1. The minimum Gasteiger partial charge on any atom is -0.477 e. The number of nitriles is 1. The van der Waals surface area contributed by atoms with E-state index in [4.69, 9.17) is 4.74 Å². The maximum Gasteiger partial charge on any atom is 0.416 e. The van der Waals surface area contributed by atoms with Gasteiger partial charge >= 0.3 is 6.18 Å². The van der Waals surface area contributed by atoms with E-state index in [0.717, 1.165) is 29.0 Å². The number of hydrogen-bond acceptors (Lipinski definition) is 7. The summed E-state index contributed by atoms with van der Waals surface area (Å²) in [6.07, 6.45) is 0.178. The van der Waals surface area contributed by atoms with Gasteiger partial charge in [-0.1, -0.05) is 6.07 Å². The largest absolute Gasteiger partial charge is 0.477 e. The lowest BCUT2D eigenvalue weighted by Gasteiger charge is -2.44. The number of aromatic nitrogens is 2. The fourth-order valence-electron chi connectivity index (χ4n) is 4.74. The molecule has 10 heteroatoms. The van der Waals surface area contributed by atoms with Gasteiger partial charge in [0.1, 0.15) is 6.07 Å². The second-order valence-corrected chi connectivity index (χ2v) is 8.78. The molecule has 1 fully saturated rings. The predicted octanol–water partition coefficient (Wildman–Crippen LogP) is 4.51. The van der Waals surface area contributed by atoms with E-state index in [2.05, 4.69) is 15.3 Å². The number of rotatable bonds is 8. The average Bonchev–Trinajstić information content (AvgIpc) is 2.92. The first-order chi connectivity index (χ1) is 17.8. The average molecular weight is 512 g/mol. The summed E-state index contributed by atoms with van der Waals surface area (Å²) >= 11 is 0. The molecule has 1 saturated heterocycles. The standard InChI is InChI=1S/C27H28F3N5O2/c1-2-37-25-22(4-3-11-32-25)23-7-5-21(18-33-23)26(34-12-15-36)9-13-35(14-10-26)24-8-6-20(27(28,29)30)16-19(24)17-31/h3-8,11,16,18,34,36H,2,9-10,12-15H2,1H3. The fraction of sp³-hybridized carbons (Fsp3) is 0.370. The smallest absolute Gasteiger partial charge is 0.416 e. The van der Waals surface area contributed by atoms with Crippen LogP contribution in [0.1, 0.15) is 36.5 Å². The quantitative estimate of drug-likeness (QED) is 0.460. The maximum absolute atomic E-state index is 13.1. The highest BCUT2D eigenvalue weighted by molar-refractivity contribution is 5.65. The number of benzene rings is 1. The molecule has 1 aliphatic heterocycles. The van der Waals surface area contributed by atoms with Crippen molar-refractivity contribution in [3.8, 4) is 23.2 Å². The number of alkyl halides is 3. The Morgan fingerprint density at radius 2 is 1.95 bits per heavy atom. The van der Waals surface area contributed by atoms with Crippen molar-refractivity contribution in [2.45, 2.75) is 31.5 Å². The number of hydrogen-bond donors (Lipinski definition) is 2. The van der Waals surface area contributed by atoms with Crippen molar-refractivity contribution in [2.75, 3.05) is 37.7 Å². The number of anilines is 1. The topological polar surface area (TPSA) is 94.3 Å². The summed E-state index contributed by atoms with van der Waals surface area (Å²) in [5, 5.41) is 22.4. The van der Waals surface area contributed by atoms with Gasteiger partial charge in [0, 0.05) is 37.6 Å². The summed E-state index contributed by atoms with van der Waals surface area (Å²) in [5.74, 6) is 0.511. The Kier molecular flexibility index (Phi) is 7.95. The van der Waals surface area contributed by atoms with E-state index in [-0.39, 0.29) is 12.2 Å². The summed E-state index contributed by atoms with van der Waals surface area (Å²) in [7, 11) is 0. The van der Waals surface area contributed by atoms with Gasteiger partial charge in [-0.3, -0.25) is 4.98 Å². The van der Waals surface area contributed by atoms with E-state index in [1.54, 1.807) is 12.4 Å². The third kappa shape index (κ3) is 5.68. The molecule has 0 amide bonds. The van der Waals surface area contributed by atoms with E-state index >= 15 is 0 Å². The van der Waals surface area contributed by atoms with Crippen molar-refractivity contribution in [3.05, 3.63) is 71.5 Å². The summed E-state index contributed by atoms with van der Waals surface area (Å²) < 4.78 is 45.0. The van der Waals surface area contributed by atoms with Gasteiger partial charge in [0.25, 0.3) is 0 Å².